The van der Waals surface area contributed by atoms with Crippen LogP contribution in [-0.4, -0.2) is 165 Å². The second-order valence-corrected chi connectivity index (χ2v) is 26.6. The molecule has 106 heavy (non-hydrogen) atoms. The maximum atomic E-state index is 12.7. The molecule has 0 spiro atoms. The highest BCUT2D eigenvalue weighted by Gasteiger charge is 2.37. The molecule has 8 heterocycles. The highest BCUT2D eigenvalue weighted by molar-refractivity contribution is 6.29. The Morgan fingerprint density at radius 2 is 0.868 bits per heavy atom. The second-order valence-electron chi connectivity index (χ2n) is 26.2. The number of carbonyl (C=O) groups excluding carboxylic acids is 5. The standard InChI is InChI=1S/C20H19F3N4O2.C15H20F3N3O2.C10H12F3N3.C10H9NO3.C9H18N2O2.C5H2ClF3N2/c1-2-18(28)26-15-5-3-14(4-6-15)19(29)27-8-7-13(12-27)9-16-10-25-17(11-24-16)20(21,22)23;1-14(2,3)23-13(22)21-5-4-10(9-21)6-11-7-20-12(8-19-11)15(16,17)18;11-10(12,13)9-6-15-8(5-16-9)3-7-1-2-14-4-7;1-2-9(12)11-8-5-3-7(4-6-8)10(13)14;1-9(2,3)13-8(12)11-5-4-7(10)6-11;6-4-2-10-3(1-11-4)5(7,8)9/h2-6,10-11,13H,1,7-9,12H2,(H,26,28);7-8,10H,4-6,9H2,1-3H3;5-7,14H,1-4H2;2-6H,1H2,(H,11,12)(H,13,14);7H,4-6,10H2,1-3H3;1-2H/t13-;10-;7-;;7-;/m000.1./s1. The lowest BCUT2D eigenvalue weighted by atomic mass is 10.0. The van der Waals surface area contributed by atoms with E-state index in [0.29, 0.717) is 98.1 Å². The number of carbonyl (C=O) groups is 6. The SMILES string of the molecule is C=CC(=O)Nc1ccc(C(=O)N2CC[C@@H](Cc3cnc(C(F)(F)F)cn3)C2)cc1.C=CC(=O)Nc1ccc(C(=O)O)cc1.CC(C)(C)OC(=O)N1CC[C@@H](Cc2cnc(C(F)(F)F)cn2)C1.CC(C)(C)OC(=O)N1CC[C@@H](N)C1.FC(F)(F)c1cnc(C[C@@H]2CCNC2)cn1.FC(F)(F)c1cnc(Cl)cn1. The Kier molecular flexibility index (Phi) is 31.8. The van der Waals surface area contributed by atoms with Gasteiger partial charge in [0.2, 0.25) is 11.8 Å². The average molecular weight is 1530 g/mol. The van der Waals surface area contributed by atoms with E-state index in [-0.39, 0.29) is 58.5 Å². The first-order valence-corrected chi connectivity index (χ1v) is 33.0. The monoisotopic (exact) mass is 1530 g/mol. The van der Waals surface area contributed by atoms with E-state index < -0.39 is 64.7 Å². The number of nitrogens with one attached hydrogen (secondary N) is 3. The maximum absolute atomic E-state index is 12.7. The summed E-state index contributed by atoms with van der Waals surface area (Å²) >= 11 is 5.22. The zero-order valence-electron chi connectivity index (χ0n) is 58.3. The van der Waals surface area contributed by atoms with Crippen LogP contribution in [0, 0.1) is 17.8 Å². The summed E-state index contributed by atoms with van der Waals surface area (Å²) in [4.78, 5) is 102. The summed E-state index contributed by atoms with van der Waals surface area (Å²) in [7, 11) is 0. The Morgan fingerprint density at radius 1 is 0.509 bits per heavy atom. The normalized spacial score (nSPS) is 17.2. The van der Waals surface area contributed by atoms with Crippen molar-refractivity contribution in [1.82, 2.24) is 59.9 Å². The Bertz CT molecular complexity index is 3840. The summed E-state index contributed by atoms with van der Waals surface area (Å²) in [5.41, 5.74) is 4.11. The Hall–Kier alpha value is -9.97. The lowest BCUT2D eigenvalue weighted by Gasteiger charge is -2.24. The van der Waals surface area contributed by atoms with Crippen LogP contribution in [0.3, 0.4) is 0 Å². The molecule has 4 aliphatic heterocycles. The van der Waals surface area contributed by atoms with Gasteiger partial charge in [0, 0.05) is 80.8 Å². The molecule has 5 amide bonds. The van der Waals surface area contributed by atoms with Gasteiger partial charge in [0.1, 0.15) is 16.4 Å². The number of rotatable bonds is 12. The van der Waals surface area contributed by atoms with E-state index >= 15 is 0 Å². The number of halogens is 13. The van der Waals surface area contributed by atoms with E-state index in [1.54, 1.807) is 59.7 Å². The van der Waals surface area contributed by atoms with E-state index in [2.05, 4.69) is 69.0 Å². The van der Waals surface area contributed by atoms with Crippen LogP contribution < -0.4 is 21.7 Å². The molecule has 4 saturated heterocycles. The van der Waals surface area contributed by atoms with Gasteiger partial charge in [-0.15, -0.1) is 0 Å². The van der Waals surface area contributed by atoms with Crippen molar-refractivity contribution < 1.29 is 96.0 Å². The lowest BCUT2D eigenvalue weighted by Crippen LogP contribution is -2.36. The molecule has 576 valence electrons. The van der Waals surface area contributed by atoms with Crippen LogP contribution in [0.1, 0.15) is 128 Å². The van der Waals surface area contributed by atoms with Gasteiger partial charge in [-0.2, -0.15) is 52.7 Å². The summed E-state index contributed by atoms with van der Waals surface area (Å²) < 4.78 is 157. The van der Waals surface area contributed by atoms with E-state index in [1.165, 1.54) is 30.5 Å². The van der Waals surface area contributed by atoms with Crippen LogP contribution in [0.4, 0.5) is 73.6 Å². The number of ether oxygens (including phenoxy) is 2. The predicted molar refractivity (Wildman–Crippen MR) is 363 cm³/mol. The van der Waals surface area contributed by atoms with E-state index in [0.717, 1.165) is 94.7 Å². The summed E-state index contributed by atoms with van der Waals surface area (Å²) in [5.74, 6) is -1.07. The molecule has 0 bridgehead atoms. The van der Waals surface area contributed by atoms with Gasteiger partial charge in [-0.05, 0) is 178 Å². The van der Waals surface area contributed by atoms with Gasteiger partial charge in [-0.1, -0.05) is 24.8 Å². The number of nitrogens with zero attached hydrogens (tertiary/aromatic N) is 11. The Labute approximate surface area is 607 Å². The number of hydrogen-bond donors (Lipinski definition) is 5. The Morgan fingerprint density at radius 3 is 1.19 bits per heavy atom. The van der Waals surface area contributed by atoms with Gasteiger partial charge in [-0.25, -0.2) is 39.3 Å². The smallest absolute Gasteiger partial charge is 0.434 e. The van der Waals surface area contributed by atoms with Crippen LogP contribution in [0.15, 0.2) is 123 Å². The van der Waals surface area contributed by atoms with E-state index in [1.807, 2.05) is 20.8 Å². The molecule has 4 atom stereocenters. The topological polar surface area (TPSA) is 316 Å². The molecular weight excluding hydrogens is 1450 g/mol. The summed E-state index contributed by atoms with van der Waals surface area (Å²) in [6.45, 7) is 23.0. The second kappa shape index (κ2) is 38.9. The molecule has 10 rings (SSSR count). The van der Waals surface area contributed by atoms with Gasteiger partial charge in [0.05, 0.1) is 53.6 Å². The molecule has 0 aliphatic carbocycles. The molecule has 6 aromatic rings. The number of aromatic carboxylic acids is 1. The zero-order valence-corrected chi connectivity index (χ0v) is 59.1. The van der Waals surface area contributed by atoms with Gasteiger partial charge in [0.25, 0.3) is 5.91 Å². The average Bonchev–Trinajstić information content (AvgIpc) is 1.63. The van der Waals surface area contributed by atoms with E-state index in [4.69, 9.17) is 31.9 Å². The van der Waals surface area contributed by atoms with Gasteiger partial charge in [-0.3, -0.25) is 29.3 Å². The highest BCUT2D eigenvalue weighted by Crippen LogP contribution is 2.32. The fraction of sp³-hybridized carbons (Fsp3) is 0.449. The third-order valence-electron chi connectivity index (χ3n) is 15.1. The molecule has 37 heteroatoms. The summed E-state index contributed by atoms with van der Waals surface area (Å²) in [5, 5.41) is 16.9. The molecule has 4 aliphatic rings. The number of anilines is 2. The Balaban J connectivity index is 0.000000236. The molecule has 2 aromatic carbocycles. The number of amides is 5. The van der Waals surface area contributed by atoms with E-state index in [9.17, 15) is 81.5 Å². The fourth-order valence-electron chi connectivity index (χ4n) is 9.97. The minimum Gasteiger partial charge on any atom is -0.478 e. The number of hydrogen-bond acceptors (Lipinski definition) is 18. The van der Waals surface area contributed by atoms with Crippen molar-refractivity contribution in [3.8, 4) is 0 Å². The number of likely N-dealkylation sites (tertiary alicyclic amines) is 3. The first kappa shape index (κ1) is 86.7. The fourth-order valence-corrected chi connectivity index (χ4v) is 10.1. The molecule has 4 aromatic heterocycles. The number of alkyl halides is 12. The van der Waals surface area contributed by atoms with Crippen molar-refractivity contribution in [1.29, 1.82) is 0 Å². The van der Waals surface area contributed by atoms with Crippen molar-refractivity contribution in [3.05, 3.63) is 180 Å². The van der Waals surface area contributed by atoms with Crippen LogP contribution in [0.5, 0.6) is 0 Å². The number of benzene rings is 2. The zero-order chi connectivity index (χ0) is 79.0. The van der Waals surface area contributed by atoms with Crippen molar-refractivity contribution in [3.63, 3.8) is 0 Å². The van der Waals surface area contributed by atoms with Crippen molar-refractivity contribution in [2.45, 2.75) is 128 Å². The van der Waals surface area contributed by atoms with Crippen LogP contribution in [0.25, 0.3) is 0 Å². The minimum absolute atomic E-state index is 0.0574. The predicted octanol–water partition coefficient (Wildman–Crippen LogP) is 12.9. The molecule has 4 fully saturated rings. The molecule has 6 N–H and O–H groups in total. The van der Waals surface area contributed by atoms with Crippen molar-refractivity contribution in [2.24, 2.45) is 23.5 Å². The third-order valence-corrected chi connectivity index (χ3v) is 15.3. The number of carboxylic acid groups (broad SMARTS) is 1. The molecule has 0 radical (unpaired) electrons. The number of nitrogens with two attached hydrogens (primary N) is 1. The lowest BCUT2D eigenvalue weighted by molar-refractivity contribution is -0.142. The highest BCUT2D eigenvalue weighted by atomic mass is 35.5. The van der Waals surface area contributed by atoms with Crippen molar-refractivity contribution in [2.75, 3.05) is 63.0 Å². The first-order valence-electron chi connectivity index (χ1n) is 32.6. The molecule has 0 saturated carbocycles. The minimum atomic E-state index is -4.51. The first-order chi connectivity index (χ1) is 49.4. The third kappa shape index (κ3) is 31.0. The van der Waals surface area contributed by atoms with Gasteiger partial charge >= 0.3 is 42.9 Å². The summed E-state index contributed by atoms with van der Waals surface area (Å²) in [6.07, 6.45) is -3.84. The number of aromatic nitrogens is 8. The van der Waals surface area contributed by atoms with Crippen LogP contribution in [-0.2, 0) is 63.0 Å². The molecular formula is C69H80ClF12N15O9. The van der Waals surface area contributed by atoms with Crippen molar-refractivity contribution >= 4 is 58.9 Å². The van der Waals surface area contributed by atoms with Gasteiger partial charge < -0.3 is 51.0 Å². The maximum Gasteiger partial charge on any atom is 0.434 e. The summed E-state index contributed by atoms with van der Waals surface area (Å²) in [6, 6.07) is 12.5. The van der Waals surface area contributed by atoms with Crippen LogP contribution in [0.2, 0.25) is 5.15 Å². The number of carboxylic acids is 1. The van der Waals surface area contributed by atoms with Gasteiger partial charge in [0.15, 0.2) is 22.8 Å². The molecule has 24 nitrogen and oxygen atoms in total. The van der Waals surface area contributed by atoms with Crippen LogP contribution >= 0.6 is 11.6 Å². The largest absolute Gasteiger partial charge is 0.478 e. The molecule has 0 unspecified atom stereocenters. The quantitative estimate of drug-likeness (QED) is 0.0561.